The SMILES string of the molecule is C=C1c2cccc(OC)c2N=C(N)N1/N=C(\C)CNC(=O)OCc1ccccc1. The first kappa shape index (κ1) is 19.9. The molecule has 3 rings (SSSR count). The van der Waals surface area contributed by atoms with Gasteiger partial charge in [0.25, 0.3) is 0 Å². The van der Waals surface area contributed by atoms with Gasteiger partial charge < -0.3 is 20.5 Å². The lowest BCUT2D eigenvalue weighted by Crippen LogP contribution is -2.36. The largest absolute Gasteiger partial charge is 0.494 e. The lowest BCUT2D eigenvalue weighted by Gasteiger charge is -2.27. The number of hydrogen-bond donors (Lipinski definition) is 2. The minimum atomic E-state index is -0.530. The van der Waals surface area contributed by atoms with E-state index >= 15 is 0 Å². The fourth-order valence-electron chi connectivity index (χ4n) is 2.74. The second-order valence-corrected chi connectivity index (χ2v) is 6.34. The molecule has 0 unspecified atom stereocenters. The molecule has 1 amide bonds. The van der Waals surface area contributed by atoms with E-state index in [-0.39, 0.29) is 19.1 Å². The monoisotopic (exact) mass is 393 g/mol. The molecule has 0 saturated heterocycles. The summed E-state index contributed by atoms with van der Waals surface area (Å²) in [5, 5.41) is 8.53. The van der Waals surface area contributed by atoms with Crippen molar-refractivity contribution in [2.45, 2.75) is 13.5 Å². The third kappa shape index (κ3) is 4.73. The van der Waals surface area contributed by atoms with Gasteiger partial charge in [-0.2, -0.15) is 5.10 Å². The Labute approximate surface area is 169 Å². The Bertz CT molecular complexity index is 970. The van der Waals surface area contributed by atoms with E-state index in [0.29, 0.717) is 22.8 Å². The number of hydrogen-bond acceptors (Lipinski definition) is 7. The molecule has 1 aliphatic rings. The van der Waals surface area contributed by atoms with E-state index in [1.807, 2.05) is 42.5 Å². The highest BCUT2D eigenvalue weighted by Gasteiger charge is 2.24. The standard InChI is InChI=1S/C21H23N5O3/c1-14(12-23-21(27)29-13-16-8-5-4-6-9-16)25-26-15(2)17-10-7-11-18(28-3)19(17)24-20(26)22/h4-11H,2,12-13H2,1,3H3,(H2,22,24)(H,23,27)/b25-14+. The van der Waals surface area contributed by atoms with E-state index in [1.54, 1.807) is 20.1 Å². The Morgan fingerprint density at radius 3 is 2.72 bits per heavy atom. The molecule has 0 atom stereocenters. The molecule has 0 radical (unpaired) electrons. The number of carbonyl (C=O) groups excluding carboxylic acids is 1. The van der Waals surface area contributed by atoms with Crippen molar-refractivity contribution >= 4 is 29.1 Å². The van der Waals surface area contributed by atoms with Gasteiger partial charge in [0.15, 0.2) is 0 Å². The molecule has 3 N–H and O–H groups in total. The van der Waals surface area contributed by atoms with Crippen molar-refractivity contribution in [3.8, 4) is 5.75 Å². The molecule has 8 nitrogen and oxygen atoms in total. The first-order valence-corrected chi connectivity index (χ1v) is 8.98. The number of carbonyl (C=O) groups is 1. The van der Waals surface area contributed by atoms with Crippen LogP contribution in [0.3, 0.4) is 0 Å². The molecular weight excluding hydrogens is 370 g/mol. The van der Waals surface area contributed by atoms with Crippen molar-refractivity contribution in [3.05, 3.63) is 66.2 Å². The fraction of sp³-hybridized carbons (Fsp3) is 0.190. The highest BCUT2D eigenvalue weighted by molar-refractivity contribution is 5.98. The van der Waals surface area contributed by atoms with E-state index in [4.69, 9.17) is 15.2 Å². The highest BCUT2D eigenvalue weighted by Crippen LogP contribution is 2.39. The van der Waals surface area contributed by atoms with Crippen LogP contribution in [0.1, 0.15) is 18.1 Å². The number of amides is 1. The highest BCUT2D eigenvalue weighted by atomic mass is 16.5. The van der Waals surface area contributed by atoms with Crippen LogP contribution in [0.5, 0.6) is 5.75 Å². The summed E-state index contributed by atoms with van der Waals surface area (Å²) in [4.78, 5) is 16.3. The molecule has 150 valence electrons. The zero-order chi connectivity index (χ0) is 20.8. The van der Waals surface area contributed by atoms with Gasteiger partial charge in [0.05, 0.1) is 25.1 Å². The maximum absolute atomic E-state index is 11.9. The van der Waals surface area contributed by atoms with Crippen molar-refractivity contribution in [2.75, 3.05) is 13.7 Å². The summed E-state index contributed by atoms with van der Waals surface area (Å²) in [6.45, 7) is 6.22. The Hall–Kier alpha value is -3.81. The topological polar surface area (TPSA) is 102 Å². The number of alkyl carbamates (subject to hydrolysis) is 1. The number of guanidine groups is 1. The van der Waals surface area contributed by atoms with Gasteiger partial charge in [-0.05, 0) is 18.6 Å². The van der Waals surface area contributed by atoms with Crippen LogP contribution in [0, 0.1) is 0 Å². The molecule has 0 aliphatic carbocycles. The number of ether oxygens (including phenoxy) is 2. The third-order valence-electron chi connectivity index (χ3n) is 4.20. The number of nitrogens with one attached hydrogen (secondary N) is 1. The summed E-state index contributed by atoms with van der Waals surface area (Å²) in [6, 6.07) is 15.0. The zero-order valence-electron chi connectivity index (χ0n) is 16.4. The number of fused-ring (bicyclic) bond motifs is 1. The summed E-state index contributed by atoms with van der Waals surface area (Å²) in [6.07, 6.45) is -0.530. The first-order valence-electron chi connectivity index (χ1n) is 8.98. The van der Waals surface area contributed by atoms with Gasteiger partial charge in [-0.15, -0.1) is 0 Å². The number of para-hydroxylation sites is 1. The van der Waals surface area contributed by atoms with Gasteiger partial charge in [-0.25, -0.2) is 14.8 Å². The first-order chi connectivity index (χ1) is 14.0. The number of aliphatic imine (C=N–C) groups is 1. The average Bonchev–Trinajstić information content (AvgIpc) is 2.74. The maximum Gasteiger partial charge on any atom is 0.407 e. The van der Waals surface area contributed by atoms with E-state index in [2.05, 4.69) is 22.0 Å². The normalized spacial score (nSPS) is 13.4. The minimum Gasteiger partial charge on any atom is -0.494 e. The number of rotatable bonds is 6. The van der Waals surface area contributed by atoms with Crippen LogP contribution >= 0.6 is 0 Å². The van der Waals surface area contributed by atoms with Crippen molar-refractivity contribution in [1.29, 1.82) is 0 Å². The smallest absolute Gasteiger partial charge is 0.407 e. The molecule has 0 fully saturated rings. The second-order valence-electron chi connectivity index (χ2n) is 6.34. The summed E-state index contributed by atoms with van der Waals surface area (Å²) >= 11 is 0. The van der Waals surface area contributed by atoms with Crippen LogP contribution in [0.25, 0.3) is 5.70 Å². The lowest BCUT2D eigenvalue weighted by atomic mass is 10.1. The predicted molar refractivity (Wildman–Crippen MR) is 113 cm³/mol. The zero-order valence-corrected chi connectivity index (χ0v) is 16.4. The van der Waals surface area contributed by atoms with E-state index < -0.39 is 6.09 Å². The molecule has 0 spiro atoms. The van der Waals surface area contributed by atoms with Gasteiger partial charge in [-0.1, -0.05) is 49.0 Å². The van der Waals surface area contributed by atoms with Crippen molar-refractivity contribution in [1.82, 2.24) is 10.3 Å². The number of hydrazone groups is 1. The number of methoxy groups -OCH3 is 1. The van der Waals surface area contributed by atoms with E-state index in [0.717, 1.165) is 11.1 Å². The Kier molecular flexibility index (Phi) is 6.13. The molecule has 2 aromatic rings. The third-order valence-corrected chi connectivity index (χ3v) is 4.20. The van der Waals surface area contributed by atoms with Gasteiger partial charge >= 0.3 is 6.09 Å². The molecular formula is C21H23N5O3. The predicted octanol–water partition coefficient (Wildman–Crippen LogP) is 3.23. The Morgan fingerprint density at radius 1 is 1.24 bits per heavy atom. The average molecular weight is 393 g/mol. The van der Waals surface area contributed by atoms with Crippen molar-refractivity contribution in [3.63, 3.8) is 0 Å². The molecule has 1 heterocycles. The molecule has 1 aliphatic heterocycles. The van der Waals surface area contributed by atoms with Crippen molar-refractivity contribution in [2.24, 2.45) is 15.8 Å². The van der Waals surface area contributed by atoms with Gasteiger partial charge in [0.1, 0.15) is 18.0 Å². The number of nitrogens with zero attached hydrogens (tertiary/aromatic N) is 3. The maximum atomic E-state index is 11.9. The van der Waals surface area contributed by atoms with Crippen LogP contribution in [0.4, 0.5) is 10.5 Å². The number of benzene rings is 2. The molecule has 8 heteroatoms. The van der Waals surface area contributed by atoms with E-state index in [9.17, 15) is 4.79 Å². The van der Waals surface area contributed by atoms with Crippen LogP contribution < -0.4 is 15.8 Å². The molecule has 0 saturated carbocycles. The van der Waals surface area contributed by atoms with E-state index in [1.165, 1.54) is 5.01 Å². The Morgan fingerprint density at radius 2 is 2.00 bits per heavy atom. The quantitative estimate of drug-likeness (QED) is 0.734. The van der Waals surface area contributed by atoms with Gasteiger partial charge in [0.2, 0.25) is 5.96 Å². The Balaban J connectivity index is 1.61. The van der Waals surface area contributed by atoms with Crippen LogP contribution in [-0.2, 0) is 11.3 Å². The van der Waals surface area contributed by atoms with Crippen LogP contribution in [0.2, 0.25) is 0 Å². The van der Waals surface area contributed by atoms with Crippen LogP contribution in [0.15, 0.2) is 65.2 Å². The van der Waals surface area contributed by atoms with Crippen LogP contribution in [-0.4, -0.2) is 36.4 Å². The summed E-state index contributed by atoms with van der Waals surface area (Å²) in [7, 11) is 1.57. The summed E-state index contributed by atoms with van der Waals surface area (Å²) in [5.74, 6) is 0.771. The van der Waals surface area contributed by atoms with Crippen molar-refractivity contribution < 1.29 is 14.3 Å². The summed E-state index contributed by atoms with van der Waals surface area (Å²) in [5.41, 5.74) is 9.53. The second kappa shape index (κ2) is 8.92. The number of nitrogens with two attached hydrogens (primary N) is 1. The molecule has 0 bridgehead atoms. The van der Waals surface area contributed by atoms with Gasteiger partial charge in [0, 0.05) is 5.56 Å². The molecule has 2 aromatic carbocycles. The molecule has 29 heavy (non-hydrogen) atoms. The fourth-order valence-corrected chi connectivity index (χ4v) is 2.74. The van der Waals surface area contributed by atoms with Gasteiger partial charge in [-0.3, -0.25) is 0 Å². The lowest BCUT2D eigenvalue weighted by molar-refractivity contribution is 0.141. The molecule has 0 aromatic heterocycles. The summed E-state index contributed by atoms with van der Waals surface area (Å²) < 4.78 is 10.5. The minimum absolute atomic E-state index is 0.165.